The molecule has 0 spiro atoms. The molecule has 0 fully saturated rings. The summed E-state index contributed by atoms with van der Waals surface area (Å²) in [5.41, 5.74) is 5.29. The van der Waals surface area contributed by atoms with Gasteiger partial charge in [-0.15, -0.1) is 0 Å². The van der Waals surface area contributed by atoms with Crippen LogP contribution in [0.25, 0.3) is 0 Å². The first-order chi connectivity index (χ1) is 10.0. The van der Waals surface area contributed by atoms with Gasteiger partial charge in [-0.2, -0.15) is 15.0 Å². The van der Waals surface area contributed by atoms with Gasteiger partial charge in [0.2, 0.25) is 17.8 Å². The van der Waals surface area contributed by atoms with E-state index in [0.717, 1.165) is 12.1 Å². The predicted octanol–water partition coefficient (Wildman–Crippen LogP) is 2.32. The second-order valence-corrected chi connectivity index (χ2v) is 4.21. The normalized spacial score (nSPS) is 10.5. The summed E-state index contributed by atoms with van der Waals surface area (Å²) in [5.74, 6) is -1.15. The van der Waals surface area contributed by atoms with Crippen molar-refractivity contribution < 1.29 is 8.78 Å². The lowest BCUT2D eigenvalue weighted by molar-refractivity contribution is 0.590. The molecular weight excluding hydrogens is 278 g/mol. The molecule has 21 heavy (non-hydrogen) atoms. The van der Waals surface area contributed by atoms with E-state index in [2.05, 4.69) is 20.3 Å². The first-order valence-electron chi connectivity index (χ1n) is 6.52. The third-order valence-electron chi connectivity index (χ3n) is 2.89. The van der Waals surface area contributed by atoms with Crippen molar-refractivity contribution in [2.45, 2.75) is 13.8 Å². The number of hydrogen-bond donors (Lipinski definition) is 2. The van der Waals surface area contributed by atoms with Crippen LogP contribution in [0.4, 0.5) is 32.3 Å². The Morgan fingerprint density at radius 3 is 2.29 bits per heavy atom. The summed E-state index contributed by atoms with van der Waals surface area (Å²) in [5, 5.41) is 2.51. The van der Waals surface area contributed by atoms with Gasteiger partial charge < -0.3 is 16.0 Å². The standard InChI is InChI=1S/C13H16F2N6/c1-3-21(4-2)13-19-11(16)18-12(20-13)17-10-8(14)6-5-7-9(10)15/h5-7H,3-4H2,1-2H3,(H3,16,17,18,19,20). The van der Waals surface area contributed by atoms with Crippen molar-refractivity contribution >= 4 is 23.5 Å². The lowest BCUT2D eigenvalue weighted by Gasteiger charge is -2.19. The lowest BCUT2D eigenvalue weighted by atomic mass is 10.3. The van der Waals surface area contributed by atoms with Gasteiger partial charge in [0.1, 0.15) is 17.3 Å². The van der Waals surface area contributed by atoms with Crippen molar-refractivity contribution in [1.82, 2.24) is 15.0 Å². The van der Waals surface area contributed by atoms with E-state index in [4.69, 9.17) is 5.73 Å². The van der Waals surface area contributed by atoms with Crippen LogP contribution in [0.1, 0.15) is 13.8 Å². The monoisotopic (exact) mass is 294 g/mol. The topological polar surface area (TPSA) is 80.0 Å². The van der Waals surface area contributed by atoms with Gasteiger partial charge >= 0.3 is 0 Å². The van der Waals surface area contributed by atoms with E-state index >= 15 is 0 Å². The van der Waals surface area contributed by atoms with Crippen molar-refractivity contribution in [3.63, 3.8) is 0 Å². The first-order valence-corrected chi connectivity index (χ1v) is 6.52. The van der Waals surface area contributed by atoms with E-state index in [0.29, 0.717) is 19.0 Å². The van der Waals surface area contributed by atoms with Crippen LogP contribution in [-0.2, 0) is 0 Å². The van der Waals surface area contributed by atoms with E-state index in [-0.39, 0.29) is 17.6 Å². The molecule has 6 nitrogen and oxygen atoms in total. The molecule has 112 valence electrons. The summed E-state index contributed by atoms with van der Waals surface area (Å²) in [7, 11) is 0. The number of nitrogen functional groups attached to an aromatic ring is 1. The zero-order valence-electron chi connectivity index (χ0n) is 11.8. The molecule has 1 aromatic heterocycles. The summed E-state index contributed by atoms with van der Waals surface area (Å²) < 4.78 is 27.2. The molecule has 2 rings (SSSR count). The molecule has 0 unspecified atom stereocenters. The highest BCUT2D eigenvalue weighted by Crippen LogP contribution is 2.22. The molecule has 0 bridgehead atoms. The Balaban J connectivity index is 2.36. The van der Waals surface area contributed by atoms with E-state index in [1.165, 1.54) is 6.07 Å². The fourth-order valence-electron chi connectivity index (χ4n) is 1.81. The van der Waals surface area contributed by atoms with Crippen molar-refractivity contribution in [3.05, 3.63) is 29.8 Å². The smallest absolute Gasteiger partial charge is 0.233 e. The molecule has 0 aliphatic rings. The summed E-state index contributed by atoms with van der Waals surface area (Å²) in [4.78, 5) is 13.8. The second kappa shape index (κ2) is 6.29. The highest BCUT2D eigenvalue weighted by molar-refractivity contribution is 5.57. The molecule has 0 radical (unpaired) electrons. The van der Waals surface area contributed by atoms with Crippen LogP contribution in [0, 0.1) is 11.6 Å². The number of anilines is 4. The Morgan fingerprint density at radius 2 is 1.71 bits per heavy atom. The van der Waals surface area contributed by atoms with Crippen LogP contribution in [0.5, 0.6) is 0 Å². The van der Waals surface area contributed by atoms with Gasteiger partial charge in [-0.25, -0.2) is 8.78 Å². The van der Waals surface area contributed by atoms with Crippen molar-refractivity contribution in [3.8, 4) is 0 Å². The maximum absolute atomic E-state index is 13.6. The van der Waals surface area contributed by atoms with Crippen molar-refractivity contribution in [2.75, 3.05) is 29.0 Å². The van der Waals surface area contributed by atoms with Crippen LogP contribution in [0.15, 0.2) is 18.2 Å². The van der Waals surface area contributed by atoms with Crippen LogP contribution < -0.4 is 16.0 Å². The molecule has 0 aliphatic carbocycles. The van der Waals surface area contributed by atoms with Crippen LogP contribution in [0.3, 0.4) is 0 Å². The van der Waals surface area contributed by atoms with Crippen molar-refractivity contribution in [1.29, 1.82) is 0 Å². The minimum Gasteiger partial charge on any atom is -0.368 e. The van der Waals surface area contributed by atoms with Gasteiger partial charge in [0.25, 0.3) is 0 Å². The molecule has 2 aromatic rings. The maximum Gasteiger partial charge on any atom is 0.233 e. The molecule has 0 saturated carbocycles. The molecule has 3 N–H and O–H groups in total. The van der Waals surface area contributed by atoms with Crippen LogP contribution in [-0.4, -0.2) is 28.0 Å². The summed E-state index contributed by atoms with van der Waals surface area (Å²) in [6.07, 6.45) is 0. The first kappa shape index (κ1) is 14.9. The molecule has 1 aromatic carbocycles. The average molecular weight is 294 g/mol. The largest absolute Gasteiger partial charge is 0.368 e. The van der Waals surface area contributed by atoms with Crippen LogP contribution >= 0.6 is 0 Å². The van der Waals surface area contributed by atoms with Gasteiger partial charge in [-0.3, -0.25) is 0 Å². The molecule has 0 atom stereocenters. The molecule has 0 amide bonds. The second-order valence-electron chi connectivity index (χ2n) is 4.21. The number of nitrogens with one attached hydrogen (secondary N) is 1. The van der Waals surface area contributed by atoms with Gasteiger partial charge in [0.15, 0.2) is 0 Å². The number of aromatic nitrogens is 3. The average Bonchev–Trinajstić information content (AvgIpc) is 2.44. The molecule has 0 saturated heterocycles. The third kappa shape index (κ3) is 3.33. The zero-order chi connectivity index (χ0) is 15.4. The minimum absolute atomic E-state index is 0.00611. The zero-order valence-corrected chi connectivity index (χ0v) is 11.8. The Kier molecular flexibility index (Phi) is 4.46. The van der Waals surface area contributed by atoms with E-state index in [1.807, 2.05) is 18.7 Å². The summed E-state index contributed by atoms with van der Waals surface area (Å²) in [6.45, 7) is 5.22. The Hall–Kier alpha value is -2.51. The fraction of sp³-hybridized carbons (Fsp3) is 0.308. The van der Waals surface area contributed by atoms with Gasteiger partial charge in [-0.1, -0.05) is 6.07 Å². The molecular formula is C13H16F2N6. The Bertz CT molecular complexity index is 610. The molecule has 1 heterocycles. The van der Waals surface area contributed by atoms with Gasteiger partial charge in [0.05, 0.1) is 0 Å². The number of benzene rings is 1. The Morgan fingerprint density at radius 1 is 1.10 bits per heavy atom. The predicted molar refractivity (Wildman–Crippen MR) is 77.4 cm³/mol. The number of nitrogens with two attached hydrogens (primary N) is 1. The SMILES string of the molecule is CCN(CC)c1nc(N)nc(Nc2c(F)cccc2F)n1. The summed E-state index contributed by atoms with van der Waals surface area (Å²) >= 11 is 0. The van der Waals surface area contributed by atoms with E-state index in [1.54, 1.807) is 0 Å². The highest BCUT2D eigenvalue weighted by Gasteiger charge is 2.13. The third-order valence-corrected chi connectivity index (χ3v) is 2.89. The van der Waals surface area contributed by atoms with Gasteiger partial charge in [-0.05, 0) is 26.0 Å². The number of hydrogen-bond acceptors (Lipinski definition) is 6. The minimum atomic E-state index is -0.738. The molecule has 8 heteroatoms. The number of rotatable bonds is 5. The van der Waals surface area contributed by atoms with E-state index in [9.17, 15) is 8.78 Å². The maximum atomic E-state index is 13.6. The fourth-order valence-corrected chi connectivity index (χ4v) is 1.81. The Labute approximate surface area is 121 Å². The quantitative estimate of drug-likeness (QED) is 0.881. The molecule has 0 aliphatic heterocycles. The number of para-hydroxylation sites is 1. The number of halogens is 2. The highest BCUT2D eigenvalue weighted by atomic mass is 19.1. The van der Waals surface area contributed by atoms with Gasteiger partial charge in [0, 0.05) is 13.1 Å². The summed E-state index contributed by atoms with van der Waals surface area (Å²) in [6, 6.07) is 3.56. The van der Waals surface area contributed by atoms with Crippen molar-refractivity contribution in [2.24, 2.45) is 0 Å². The van der Waals surface area contributed by atoms with Crippen LogP contribution in [0.2, 0.25) is 0 Å². The van der Waals surface area contributed by atoms with E-state index < -0.39 is 11.6 Å². The number of nitrogens with zero attached hydrogens (tertiary/aromatic N) is 4. The lowest BCUT2D eigenvalue weighted by Crippen LogP contribution is -2.25.